The molecule has 0 radical (unpaired) electrons. The number of hydrogen-bond donors (Lipinski definition) is 3. The number of rotatable bonds is 4. The van der Waals surface area contributed by atoms with Crippen LogP contribution >= 0.6 is 0 Å². The molecule has 1 aliphatic heterocycles. The number of carbonyl (C=O) groups excluding carboxylic acids is 1. The van der Waals surface area contributed by atoms with Crippen molar-refractivity contribution in [1.82, 2.24) is 26.1 Å². The van der Waals surface area contributed by atoms with Crippen LogP contribution in [0.1, 0.15) is 35.4 Å². The highest BCUT2D eigenvalue weighted by Gasteiger charge is 2.36. The zero-order valence-electron chi connectivity index (χ0n) is 14.5. The quantitative estimate of drug-likeness (QED) is 0.676. The van der Waals surface area contributed by atoms with E-state index in [-0.39, 0.29) is 24.0 Å². The van der Waals surface area contributed by atoms with Crippen LogP contribution in [0.15, 0.2) is 61.1 Å². The first-order valence-corrected chi connectivity index (χ1v) is 8.83. The first kappa shape index (κ1) is 16.6. The minimum Gasteiger partial charge on any atom is -0.334 e. The lowest BCUT2D eigenvalue weighted by Gasteiger charge is -2.22. The first-order valence-electron chi connectivity index (χ1n) is 8.83. The third kappa shape index (κ3) is 3.05. The smallest absolute Gasteiger partial charge is 0.271 e. The summed E-state index contributed by atoms with van der Waals surface area (Å²) in [6, 6.07) is 13.8. The van der Waals surface area contributed by atoms with Crippen molar-refractivity contribution >= 4 is 16.7 Å². The second kappa shape index (κ2) is 7.19. The third-order valence-electron chi connectivity index (χ3n) is 4.96. The van der Waals surface area contributed by atoms with Crippen molar-refractivity contribution in [3.05, 3.63) is 72.3 Å². The number of benzene rings is 1. The zero-order chi connectivity index (χ0) is 17.9. The lowest BCUT2D eigenvalue weighted by Crippen LogP contribution is -2.47. The Morgan fingerprint density at radius 2 is 1.88 bits per heavy atom. The Morgan fingerprint density at radius 1 is 1.08 bits per heavy atom. The minimum atomic E-state index is -0.175. The van der Waals surface area contributed by atoms with Gasteiger partial charge in [-0.25, -0.2) is 10.9 Å². The molecule has 0 saturated carbocycles. The van der Waals surface area contributed by atoms with Gasteiger partial charge in [0.2, 0.25) is 0 Å². The molecule has 0 spiro atoms. The standard InChI is InChI=1S/C20H21N5O/c1-2-15-17(14-7-10-21-11-8-14)24-25-19(15)23-20(26)18-16-6-4-3-5-13(16)9-12-22-18/h3-12,15,17,19,24-25H,2H2,1H3,(H,23,26). The fourth-order valence-corrected chi connectivity index (χ4v) is 3.61. The summed E-state index contributed by atoms with van der Waals surface area (Å²) < 4.78 is 0. The minimum absolute atomic E-state index is 0.119. The van der Waals surface area contributed by atoms with Gasteiger partial charge in [-0.05, 0) is 35.6 Å². The van der Waals surface area contributed by atoms with Crippen LogP contribution in [-0.2, 0) is 0 Å². The highest BCUT2D eigenvalue weighted by Crippen LogP contribution is 2.30. The molecule has 2 aromatic heterocycles. The van der Waals surface area contributed by atoms with E-state index in [1.807, 2.05) is 42.5 Å². The van der Waals surface area contributed by atoms with Crippen LogP contribution in [0.5, 0.6) is 0 Å². The van der Waals surface area contributed by atoms with Gasteiger partial charge in [0, 0.05) is 29.9 Å². The van der Waals surface area contributed by atoms with Crippen molar-refractivity contribution in [2.24, 2.45) is 5.92 Å². The Labute approximate surface area is 152 Å². The van der Waals surface area contributed by atoms with Crippen LogP contribution in [0.3, 0.4) is 0 Å². The van der Waals surface area contributed by atoms with Gasteiger partial charge in [-0.2, -0.15) is 0 Å². The molecule has 1 aromatic carbocycles. The molecule has 132 valence electrons. The molecule has 0 bridgehead atoms. The molecule has 3 aromatic rings. The maximum Gasteiger partial charge on any atom is 0.271 e. The normalized spacial score (nSPS) is 22.4. The van der Waals surface area contributed by atoms with Gasteiger partial charge in [-0.15, -0.1) is 0 Å². The highest BCUT2D eigenvalue weighted by molar-refractivity contribution is 6.05. The summed E-state index contributed by atoms with van der Waals surface area (Å²) in [5.74, 6) is 0.0475. The second-order valence-corrected chi connectivity index (χ2v) is 6.45. The van der Waals surface area contributed by atoms with E-state index in [1.165, 1.54) is 0 Å². The van der Waals surface area contributed by atoms with E-state index in [0.29, 0.717) is 5.69 Å². The Kier molecular flexibility index (Phi) is 4.60. The predicted octanol–water partition coefficient (Wildman–Crippen LogP) is 2.56. The Hall–Kier alpha value is -2.83. The third-order valence-corrected chi connectivity index (χ3v) is 4.96. The molecule has 3 N–H and O–H groups in total. The topological polar surface area (TPSA) is 78.9 Å². The summed E-state index contributed by atoms with van der Waals surface area (Å²) in [7, 11) is 0. The van der Waals surface area contributed by atoms with Crippen molar-refractivity contribution < 1.29 is 4.79 Å². The maximum absolute atomic E-state index is 12.9. The molecule has 1 aliphatic rings. The van der Waals surface area contributed by atoms with Gasteiger partial charge in [-0.3, -0.25) is 14.8 Å². The number of nitrogens with zero attached hydrogens (tertiary/aromatic N) is 2. The molecule has 1 amide bonds. The molecule has 6 nitrogen and oxygen atoms in total. The summed E-state index contributed by atoms with van der Waals surface area (Å²) in [5, 5.41) is 4.96. The molecule has 0 aliphatic carbocycles. The van der Waals surface area contributed by atoms with Crippen molar-refractivity contribution in [2.45, 2.75) is 25.6 Å². The monoisotopic (exact) mass is 347 g/mol. The molecule has 6 heteroatoms. The molecule has 3 unspecified atom stereocenters. The van der Waals surface area contributed by atoms with Gasteiger partial charge < -0.3 is 5.32 Å². The van der Waals surface area contributed by atoms with Crippen LogP contribution in [0, 0.1) is 5.92 Å². The number of nitrogens with one attached hydrogen (secondary N) is 3. The Bertz CT molecular complexity index is 909. The molecular formula is C20H21N5O. The largest absolute Gasteiger partial charge is 0.334 e. The van der Waals surface area contributed by atoms with Crippen molar-refractivity contribution in [3.63, 3.8) is 0 Å². The van der Waals surface area contributed by atoms with Crippen LogP contribution in [-0.4, -0.2) is 22.0 Å². The SMILES string of the molecule is CCC1C(NC(=O)c2nccc3ccccc23)NNC1c1ccncc1. The Morgan fingerprint density at radius 3 is 2.69 bits per heavy atom. The fourth-order valence-electron chi connectivity index (χ4n) is 3.61. The van der Waals surface area contributed by atoms with E-state index in [9.17, 15) is 4.79 Å². The van der Waals surface area contributed by atoms with Crippen molar-refractivity contribution in [1.29, 1.82) is 0 Å². The molecule has 26 heavy (non-hydrogen) atoms. The van der Waals surface area contributed by atoms with Gasteiger partial charge in [-0.1, -0.05) is 31.2 Å². The number of carbonyl (C=O) groups is 1. The predicted molar refractivity (Wildman–Crippen MR) is 100 cm³/mol. The van der Waals surface area contributed by atoms with E-state index >= 15 is 0 Å². The van der Waals surface area contributed by atoms with Crippen LogP contribution < -0.4 is 16.2 Å². The number of hydrazine groups is 1. The van der Waals surface area contributed by atoms with E-state index < -0.39 is 0 Å². The molecule has 3 atom stereocenters. The molecule has 4 rings (SSSR count). The van der Waals surface area contributed by atoms with E-state index in [2.05, 4.69) is 33.1 Å². The number of aromatic nitrogens is 2. The molecule has 3 heterocycles. The molecule has 1 fully saturated rings. The molecule has 1 saturated heterocycles. The van der Waals surface area contributed by atoms with Crippen molar-refractivity contribution in [2.75, 3.05) is 0 Å². The summed E-state index contributed by atoms with van der Waals surface area (Å²) in [5.41, 5.74) is 8.13. The number of amides is 1. The van der Waals surface area contributed by atoms with E-state index in [0.717, 1.165) is 22.8 Å². The fraction of sp³-hybridized carbons (Fsp3) is 0.250. The van der Waals surface area contributed by atoms with E-state index in [1.54, 1.807) is 18.6 Å². The zero-order valence-corrected chi connectivity index (χ0v) is 14.5. The number of fused-ring (bicyclic) bond motifs is 1. The van der Waals surface area contributed by atoms with Gasteiger partial charge in [0.15, 0.2) is 0 Å². The van der Waals surface area contributed by atoms with Crippen molar-refractivity contribution in [3.8, 4) is 0 Å². The summed E-state index contributed by atoms with van der Waals surface area (Å²) in [6.07, 6.45) is 5.99. The maximum atomic E-state index is 12.9. The van der Waals surface area contributed by atoms with Crippen LogP contribution in [0.4, 0.5) is 0 Å². The average molecular weight is 347 g/mol. The van der Waals surface area contributed by atoms with Gasteiger partial charge in [0.1, 0.15) is 5.69 Å². The summed E-state index contributed by atoms with van der Waals surface area (Å²) >= 11 is 0. The Balaban J connectivity index is 1.56. The van der Waals surface area contributed by atoms with Crippen LogP contribution in [0.25, 0.3) is 10.8 Å². The van der Waals surface area contributed by atoms with Gasteiger partial charge >= 0.3 is 0 Å². The van der Waals surface area contributed by atoms with Gasteiger partial charge in [0.05, 0.1) is 12.2 Å². The van der Waals surface area contributed by atoms with Crippen LogP contribution in [0.2, 0.25) is 0 Å². The van der Waals surface area contributed by atoms with E-state index in [4.69, 9.17) is 0 Å². The van der Waals surface area contributed by atoms with Gasteiger partial charge in [0.25, 0.3) is 5.91 Å². The highest BCUT2D eigenvalue weighted by atomic mass is 16.2. The summed E-state index contributed by atoms with van der Waals surface area (Å²) in [6.45, 7) is 2.13. The number of pyridine rings is 2. The number of hydrogen-bond acceptors (Lipinski definition) is 5. The average Bonchev–Trinajstić information content (AvgIpc) is 3.10. The second-order valence-electron chi connectivity index (χ2n) is 6.45. The first-order chi connectivity index (χ1) is 12.8. The lowest BCUT2D eigenvalue weighted by atomic mass is 9.91. The lowest BCUT2D eigenvalue weighted by molar-refractivity contribution is 0.0917. The summed E-state index contributed by atoms with van der Waals surface area (Å²) in [4.78, 5) is 21.3. The molecular weight excluding hydrogens is 326 g/mol.